The van der Waals surface area contributed by atoms with Gasteiger partial charge in [-0.05, 0) is 36.5 Å². The Kier molecular flexibility index (Phi) is 6.85. The molecule has 0 radical (unpaired) electrons. The van der Waals surface area contributed by atoms with Gasteiger partial charge in [-0.1, -0.05) is 42.5 Å². The number of para-hydroxylation sites is 2. The van der Waals surface area contributed by atoms with Crippen LogP contribution in [-0.2, 0) is 19.9 Å². The third-order valence-corrected chi connectivity index (χ3v) is 5.25. The van der Waals surface area contributed by atoms with E-state index in [1.807, 2.05) is 30.3 Å². The van der Waals surface area contributed by atoms with Crippen molar-refractivity contribution in [2.75, 3.05) is 32.2 Å². The largest absolute Gasteiger partial charge is 0.495 e. The summed E-state index contributed by atoms with van der Waals surface area (Å²) in [5.41, 5.74) is -0.180. The molecule has 1 atom stereocenters. The predicted octanol–water partition coefficient (Wildman–Crippen LogP) is 2.06. The van der Waals surface area contributed by atoms with Crippen LogP contribution < -0.4 is 15.4 Å². The van der Waals surface area contributed by atoms with E-state index in [1.165, 1.54) is 7.11 Å². The average molecular weight is 398 g/mol. The Hall–Kier alpha value is -2.90. The number of methoxy groups -OCH3 is 1. The van der Waals surface area contributed by atoms with Gasteiger partial charge < -0.3 is 25.2 Å². The minimum absolute atomic E-state index is 0.0696. The normalized spacial score (nSPS) is 16.5. The zero-order valence-electron chi connectivity index (χ0n) is 16.4. The van der Waals surface area contributed by atoms with Crippen LogP contribution in [-0.4, -0.2) is 43.8 Å². The van der Waals surface area contributed by atoms with Crippen LogP contribution in [0, 0.1) is 5.92 Å². The first-order valence-corrected chi connectivity index (χ1v) is 9.62. The monoisotopic (exact) mass is 398 g/mol. The van der Waals surface area contributed by atoms with Crippen LogP contribution in [0.15, 0.2) is 54.6 Å². The van der Waals surface area contributed by atoms with Crippen LogP contribution in [0.3, 0.4) is 0 Å². The number of hydrogen-bond acceptors (Lipinski definition) is 5. The van der Waals surface area contributed by atoms with Crippen molar-refractivity contribution in [2.45, 2.75) is 18.4 Å². The van der Waals surface area contributed by atoms with E-state index in [1.54, 1.807) is 24.3 Å². The van der Waals surface area contributed by atoms with Crippen LogP contribution in [0.2, 0.25) is 0 Å². The molecular formula is C22H26N2O5. The highest BCUT2D eigenvalue weighted by molar-refractivity contribution is 6.39. The lowest BCUT2D eigenvalue weighted by molar-refractivity contribution is -0.137. The molecule has 1 aliphatic heterocycles. The van der Waals surface area contributed by atoms with Gasteiger partial charge >= 0.3 is 11.8 Å². The van der Waals surface area contributed by atoms with E-state index >= 15 is 0 Å². The summed E-state index contributed by atoms with van der Waals surface area (Å²) in [4.78, 5) is 24.7. The number of benzene rings is 2. The molecule has 1 heterocycles. The number of ether oxygens (including phenoxy) is 2. The molecule has 3 N–H and O–H groups in total. The first kappa shape index (κ1) is 20.8. The van der Waals surface area contributed by atoms with Crippen molar-refractivity contribution in [1.29, 1.82) is 0 Å². The van der Waals surface area contributed by atoms with Crippen molar-refractivity contribution in [2.24, 2.45) is 5.92 Å². The van der Waals surface area contributed by atoms with Crippen LogP contribution in [0.5, 0.6) is 5.75 Å². The Bertz CT molecular complexity index is 836. The number of amides is 2. The van der Waals surface area contributed by atoms with Gasteiger partial charge in [0.15, 0.2) is 0 Å². The maximum atomic E-state index is 12.4. The van der Waals surface area contributed by atoms with Gasteiger partial charge in [0.05, 0.1) is 19.3 Å². The Morgan fingerprint density at radius 2 is 1.72 bits per heavy atom. The fourth-order valence-electron chi connectivity index (χ4n) is 3.61. The minimum atomic E-state index is -1.29. The van der Waals surface area contributed by atoms with E-state index in [2.05, 4.69) is 10.6 Å². The summed E-state index contributed by atoms with van der Waals surface area (Å²) < 4.78 is 10.6. The number of anilines is 1. The SMILES string of the molecule is COc1ccccc1NC(=O)C(=O)NC[C@](O)(c1ccccc1)C1CCOCC1. The van der Waals surface area contributed by atoms with Crippen molar-refractivity contribution in [3.63, 3.8) is 0 Å². The standard InChI is InChI=1S/C22H26N2O5/c1-28-19-10-6-5-9-18(19)24-21(26)20(25)23-15-22(27,16-7-3-2-4-8-16)17-11-13-29-14-12-17/h2-10,17,27H,11-15H2,1H3,(H,23,25)(H,24,26)/t22-/m0/s1. The highest BCUT2D eigenvalue weighted by Crippen LogP contribution is 2.35. The summed E-state index contributed by atoms with van der Waals surface area (Å²) in [7, 11) is 1.49. The van der Waals surface area contributed by atoms with E-state index in [0.717, 1.165) is 0 Å². The first-order chi connectivity index (χ1) is 14.0. The van der Waals surface area contributed by atoms with E-state index < -0.39 is 17.4 Å². The molecule has 0 bridgehead atoms. The molecule has 7 nitrogen and oxygen atoms in total. The molecule has 1 fully saturated rings. The molecule has 0 saturated carbocycles. The summed E-state index contributed by atoms with van der Waals surface area (Å²) in [5, 5.41) is 16.6. The molecule has 0 unspecified atom stereocenters. The fourth-order valence-corrected chi connectivity index (χ4v) is 3.61. The molecule has 1 aliphatic rings. The smallest absolute Gasteiger partial charge is 0.313 e. The van der Waals surface area contributed by atoms with E-state index in [-0.39, 0.29) is 12.5 Å². The molecule has 1 saturated heterocycles. The molecule has 154 valence electrons. The number of nitrogens with one attached hydrogen (secondary N) is 2. The second kappa shape index (κ2) is 9.54. The third-order valence-electron chi connectivity index (χ3n) is 5.25. The van der Waals surface area contributed by atoms with Crippen molar-refractivity contribution < 1.29 is 24.2 Å². The molecule has 2 aromatic carbocycles. The van der Waals surface area contributed by atoms with E-state index in [0.29, 0.717) is 43.1 Å². The third kappa shape index (κ3) is 4.93. The molecule has 2 aromatic rings. The Balaban J connectivity index is 1.70. The lowest BCUT2D eigenvalue weighted by atomic mass is 9.77. The molecular weight excluding hydrogens is 372 g/mol. The van der Waals surface area contributed by atoms with Gasteiger partial charge in [0, 0.05) is 13.2 Å². The summed E-state index contributed by atoms with van der Waals surface area (Å²) in [6.45, 7) is 1.05. The van der Waals surface area contributed by atoms with Gasteiger partial charge in [0.1, 0.15) is 11.4 Å². The molecule has 0 aliphatic carbocycles. The summed E-state index contributed by atoms with van der Waals surface area (Å²) in [6, 6.07) is 16.0. The van der Waals surface area contributed by atoms with Crippen molar-refractivity contribution >= 4 is 17.5 Å². The van der Waals surface area contributed by atoms with E-state index in [9.17, 15) is 14.7 Å². The topological polar surface area (TPSA) is 96.9 Å². The zero-order chi connectivity index (χ0) is 20.7. The van der Waals surface area contributed by atoms with Crippen LogP contribution in [0.25, 0.3) is 0 Å². The fraction of sp³-hybridized carbons (Fsp3) is 0.364. The molecule has 0 spiro atoms. The second-order valence-electron chi connectivity index (χ2n) is 7.01. The molecule has 7 heteroatoms. The summed E-state index contributed by atoms with van der Waals surface area (Å²) in [6.07, 6.45) is 1.35. The van der Waals surface area contributed by atoms with Gasteiger partial charge in [-0.3, -0.25) is 9.59 Å². The summed E-state index contributed by atoms with van der Waals surface area (Å²) >= 11 is 0. The summed E-state index contributed by atoms with van der Waals surface area (Å²) in [5.74, 6) is -1.28. The lowest BCUT2D eigenvalue weighted by Crippen LogP contribution is -2.49. The Morgan fingerprint density at radius 1 is 1.07 bits per heavy atom. The van der Waals surface area contributed by atoms with Gasteiger partial charge in [0.25, 0.3) is 0 Å². The highest BCUT2D eigenvalue weighted by atomic mass is 16.5. The van der Waals surface area contributed by atoms with Crippen LogP contribution >= 0.6 is 0 Å². The van der Waals surface area contributed by atoms with Gasteiger partial charge in [0.2, 0.25) is 0 Å². The van der Waals surface area contributed by atoms with Gasteiger partial charge in [-0.2, -0.15) is 0 Å². The second-order valence-corrected chi connectivity index (χ2v) is 7.01. The highest BCUT2D eigenvalue weighted by Gasteiger charge is 2.39. The molecule has 0 aromatic heterocycles. The molecule has 29 heavy (non-hydrogen) atoms. The van der Waals surface area contributed by atoms with Crippen LogP contribution in [0.4, 0.5) is 5.69 Å². The lowest BCUT2D eigenvalue weighted by Gasteiger charge is -2.39. The van der Waals surface area contributed by atoms with Crippen molar-refractivity contribution in [1.82, 2.24) is 5.32 Å². The first-order valence-electron chi connectivity index (χ1n) is 9.62. The number of carbonyl (C=O) groups is 2. The maximum absolute atomic E-state index is 12.4. The quantitative estimate of drug-likeness (QED) is 0.648. The molecule has 3 rings (SSSR count). The van der Waals surface area contributed by atoms with E-state index in [4.69, 9.17) is 9.47 Å². The number of aliphatic hydroxyl groups is 1. The van der Waals surface area contributed by atoms with Gasteiger partial charge in [-0.25, -0.2) is 0 Å². The number of carbonyl (C=O) groups excluding carboxylic acids is 2. The minimum Gasteiger partial charge on any atom is -0.495 e. The Morgan fingerprint density at radius 3 is 2.41 bits per heavy atom. The van der Waals surface area contributed by atoms with Crippen LogP contribution in [0.1, 0.15) is 18.4 Å². The van der Waals surface area contributed by atoms with Crippen molar-refractivity contribution in [3.8, 4) is 5.75 Å². The maximum Gasteiger partial charge on any atom is 0.313 e. The predicted molar refractivity (Wildman–Crippen MR) is 109 cm³/mol. The van der Waals surface area contributed by atoms with Gasteiger partial charge in [-0.15, -0.1) is 0 Å². The Labute approximate surface area is 170 Å². The molecule has 2 amide bonds. The number of hydrogen-bond donors (Lipinski definition) is 3. The number of rotatable bonds is 6. The van der Waals surface area contributed by atoms with Crippen molar-refractivity contribution in [3.05, 3.63) is 60.2 Å². The zero-order valence-corrected chi connectivity index (χ0v) is 16.4. The average Bonchev–Trinajstić information content (AvgIpc) is 2.78.